The van der Waals surface area contributed by atoms with Crippen molar-refractivity contribution >= 4 is 23.1 Å². The van der Waals surface area contributed by atoms with E-state index in [1.807, 2.05) is 0 Å². The highest BCUT2D eigenvalue weighted by Gasteiger charge is 2.42. The Morgan fingerprint density at radius 2 is 1.74 bits per heavy atom. The molecule has 9 heteroatoms. The highest BCUT2D eigenvalue weighted by atomic mass is 16.6. The largest absolute Gasteiger partial charge is 0.493 e. The molecule has 1 unspecified atom stereocenters. The van der Waals surface area contributed by atoms with Crippen molar-refractivity contribution in [1.29, 1.82) is 0 Å². The predicted molar refractivity (Wildman–Crippen MR) is 125 cm³/mol. The highest BCUT2D eigenvalue weighted by Crippen LogP contribution is 2.50. The summed E-state index contributed by atoms with van der Waals surface area (Å²) in [4.78, 5) is 39.4. The lowest BCUT2D eigenvalue weighted by Gasteiger charge is -2.38. The number of ether oxygens (including phenoxy) is 3. The van der Waals surface area contributed by atoms with Gasteiger partial charge in [0.15, 0.2) is 17.3 Å². The predicted octanol–water partition coefficient (Wildman–Crippen LogP) is 4.46. The molecule has 1 aliphatic heterocycles. The summed E-state index contributed by atoms with van der Waals surface area (Å²) in [6.07, 6.45) is 1.34. The number of Topliss-reactive ketones (excluding diaryl/α,β-unsaturated/α-hetero) is 1. The van der Waals surface area contributed by atoms with Gasteiger partial charge in [0.1, 0.15) is 5.69 Å². The van der Waals surface area contributed by atoms with E-state index in [1.165, 1.54) is 32.3 Å². The molecule has 2 aromatic rings. The molecule has 34 heavy (non-hydrogen) atoms. The molecule has 0 radical (unpaired) electrons. The van der Waals surface area contributed by atoms with E-state index in [0.717, 1.165) is 0 Å². The zero-order valence-corrected chi connectivity index (χ0v) is 19.5. The van der Waals surface area contributed by atoms with Gasteiger partial charge in [-0.3, -0.25) is 24.6 Å². The fraction of sp³-hybridized carbons (Fsp3) is 0.360. The number of amides is 1. The Balaban J connectivity index is 1.94. The molecule has 1 atom stereocenters. The van der Waals surface area contributed by atoms with E-state index in [9.17, 15) is 19.7 Å². The van der Waals surface area contributed by atoms with Crippen LogP contribution in [0.1, 0.15) is 42.7 Å². The van der Waals surface area contributed by atoms with E-state index in [-0.39, 0.29) is 29.5 Å². The smallest absolute Gasteiger partial charge is 0.293 e. The van der Waals surface area contributed by atoms with Crippen LogP contribution < -0.4 is 19.1 Å². The summed E-state index contributed by atoms with van der Waals surface area (Å²) in [5.41, 5.74) is 2.37. The summed E-state index contributed by atoms with van der Waals surface area (Å²) in [7, 11) is 4.50. The van der Waals surface area contributed by atoms with Gasteiger partial charge in [0.05, 0.1) is 26.3 Å². The average molecular weight is 466 g/mol. The van der Waals surface area contributed by atoms with Gasteiger partial charge in [-0.05, 0) is 37.5 Å². The minimum absolute atomic E-state index is 0.0402. The summed E-state index contributed by atoms with van der Waals surface area (Å²) in [6, 6.07) is 8.23. The van der Waals surface area contributed by atoms with Gasteiger partial charge in [-0.25, -0.2) is 0 Å². The second-order valence-electron chi connectivity index (χ2n) is 8.30. The Morgan fingerprint density at radius 3 is 2.38 bits per heavy atom. The lowest BCUT2D eigenvalue weighted by atomic mass is 9.76. The van der Waals surface area contributed by atoms with Crippen LogP contribution in [0, 0.1) is 17.0 Å². The third-order valence-electron chi connectivity index (χ3n) is 6.35. The van der Waals surface area contributed by atoms with Gasteiger partial charge in [0.2, 0.25) is 11.7 Å². The average Bonchev–Trinajstić information content (AvgIpc) is 2.82. The van der Waals surface area contributed by atoms with Crippen molar-refractivity contribution in [2.75, 3.05) is 26.2 Å². The van der Waals surface area contributed by atoms with Gasteiger partial charge in [0, 0.05) is 41.7 Å². The number of rotatable bonds is 6. The van der Waals surface area contributed by atoms with Crippen LogP contribution >= 0.6 is 0 Å². The summed E-state index contributed by atoms with van der Waals surface area (Å²) in [5.74, 6) is 0.270. The first-order valence-electron chi connectivity index (χ1n) is 10.9. The number of nitro groups is 1. The number of methoxy groups -OCH3 is 3. The zero-order chi connectivity index (χ0) is 24.6. The van der Waals surface area contributed by atoms with Crippen molar-refractivity contribution in [2.45, 2.75) is 38.5 Å². The fourth-order valence-electron chi connectivity index (χ4n) is 4.91. The van der Waals surface area contributed by atoms with Crippen molar-refractivity contribution in [2.24, 2.45) is 0 Å². The van der Waals surface area contributed by atoms with Crippen LogP contribution in [0.3, 0.4) is 0 Å². The third kappa shape index (κ3) is 3.76. The molecule has 4 rings (SSSR count). The van der Waals surface area contributed by atoms with Crippen LogP contribution in [0.15, 0.2) is 41.6 Å². The van der Waals surface area contributed by atoms with E-state index in [2.05, 4.69) is 0 Å². The maximum absolute atomic E-state index is 13.5. The van der Waals surface area contributed by atoms with Gasteiger partial charge >= 0.3 is 0 Å². The molecule has 0 aromatic heterocycles. The van der Waals surface area contributed by atoms with Crippen LogP contribution in [0.5, 0.6) is 17.2 Å². The number of nitrogens with zero attached hydrogens (tertiary/aromatic N) is 2. The second-order valence-corrected chi connectivity index (χ2v) is 8.30. The molecule has 0 bridgehead atoms. The van der Waals surface area contributed by atoms with Crippen molar-refractivity contribution in [3.8, 4) is 17.2 Å². The second kappa shape index (κ2) is 9.17. The number of nitro benzene ring substituents is 1. The van der Waals surface area contributed by atoms with Gasteiger partial charge < -0.3 is 14.2 Å². The number of hydrogen-bond donors (Lipinski definition) is 0. The van der Waals surface area contributed by atoms with Gasteiger partial charge in [0.25, 0.3) is 5.69 Å². The first kappa shape index (κ1) is 23.3. The number of ketones is 1. The molecule has 178 valence electrons. The normalized spacial score (nSPS) is 18.0. The topological polar surface area (TPSA) is 108 Å². The molecule has 0 N–H and O–H groups in total. The molecule has 0 saturated heterocycles. The lowest BCUT2D eigenvalue weighted by molar-refractivity contribution is -0.384. The van der Waals surface area contributed by atoms with Crippen molar-refractivity contribution < 1.29 is 28.7 Å². The summed E-state index contributed by atoms with van der Waals surface area (Å²) in [6.45, 7) is 1.75. The maximum Gasteiger partial charge on any atom is 0.293 e. The SMILES string of the molecule is COc1ccc(C2CC(=O)N(c3ccc(C)cc3[N+](=O)[O-])C3=C2C(=O)CCC3)c(OC)c1OC. The standard InChI is InChI=1S/C25H26N2O7/c1-14-8-10-17(19(12-14)27(30)31)26-18-6-5-7-20(28)23(18)16(13-22(26)29)15-9-11-21(32-2)25(34-4)24(15)33-3/h8-12,16H,5-7,13H2,1-4H3. The third-order valence-corrected chi connectivity index (χ3v) is 6.35. The molecule has 2 aromatic carbocycles. The molecule has 1 amide bonds. The minimum atomic E-state index is -0.564. The van der Waals surface area contributed by atoms with E-state index in [4.69, 9.17) is 14.2 Å². The Kier molecular flexibility index (Phi) is 6.28. The van der Waals surface area contributed by atoms with Gasteiger partial charge in [-0.1, -0.05) is 12.1 Å². The first-order valence-corrected chi connectivity index (χ1v) is 10.9. The first-order chi connectivity index (χ1) is 16.3. The van der Waals surface area contributed by atoms with Crippen LogP contribution in [-0.4, -0.2) is 37.9 Å². The van der Waals surface area contributed by atoms with Crippen LogP contribution in [-0.2, 0) is 9.59 Å². The van der Waals surface area contributed by atoms with Gasteiger partial charge in [-0.2, -0.15) is 0 Å². The Bertz CT molecular complexity index is 1220. The molecule has 0 saturated carbocycles. The molecule has 1 aliphatic carbocycles. The number of aryl methyl sites for hydroxylation is 1. The molecule has 9 nitrogen and oxygen atoms in total. The van der Waals surface area contributed by atoms with Crippen molar-refractivity contribution in [3.05, 3.63) is 62.8 Å². The van der Waals surface area contributed by atoms with E-state index < -0.39 is 10.8 Å². The summed E-state index contributed by atoms with van der Waals surface area (Å²) < 4.78 is 16.5. The van der Waals surface area contributed by atoms with Gasteiger partial charge in [-0.15, -0.1) is 0 Å². The molecule has 0 fully saturated rings. The van der Waals surface area contributed by atoms with Crippen molar-refractivity contribution in [3.63, 3.8) is 0 Å². The lowest BCUT2D eigenvalue weighted by Crippen LogP contribution is -2.41. The number of benzene rings is 2. The molecular formula is C25H26N2O7. The fourth-order valence-corrected chi connectivity index (χ4v) is 4.91. The molecule has 1 heterocycles. The van der Waals surface area contributed by atoms with Crippen molar-refractivity contribution in [1.82, 2.24) is 0 Å². The highest BCUT2D eigenvalue weighted by molar-refractivity contribution is 6.08. The Morgan fingerprint density at radius 1 is 1.00 bits per heavy atom. The number of anilines is 1. The quantitative estimate of drug-likeness (QED) is 0.457. The molecule has 2 aliphatic rings. The minimum Gasteiger partial charge on any atom is -0.493 e. The summed E-state index contributed by atoms with van der Waals surface area (Å²) in [5, 5.41) is 11.8. The van der Waals surface area contributed by atoms with Crippen LogP contribution in [0.4, 0.5) is 11.4 Å². The number of allylic oxidation sites excluding steroid dienone is 2. The van der Waals surface area contributed by atoms with E-state index in [0.29, 0.717) is 58.9 Å². The zero-order valence-electron chi connectivity index (χ0n) is 19.5. The summed E-state index contributed by atoms with van der Waals surface area (Å²) >= 11 is 0. The van der Waals surface area contributed by atoms with Crippen LogP contribution in [0.2, 0.25) is 0 Å². The number of hydrogen-bond acceptors (Lipinski definition) is 7. The molecular weight excluding hydrogens is 440 g/mol. The van der Waals surface area contributed by atoms with E-state index >= 15 is 0 Å². The maximum atomic E-state index is 13.5. The number of carbonyl (C=O) groups excluding carboxylic acids is 2. The van der Waals surface area contributed by atoms with Crippen LogP contribution in [0.25, 0.3) is 0 Å². The monoisotopic (exact) mass is 466 g/mol. The molecule has 0 spiro atoms. The number of carbonyl (C=O) groups is 2. The van der Waals surface area contributed by atoms with E-state index in [1.54, 1.807) is 31.2 Å². The Hall–Kier alpha value is -3.88. The Labute approximate surface area is 197 Å².